The summed E-state index contributed by atoms with van der Waals surface area (Å²) in [7, 11) is 0. The number of para-hydroxylation sites is 1. The Morgan fingerprint density at radius 1 is 0.972 bits per heavy atom. The van der Waals surface area contributed by atoms with E-state index in [1.54, 1.807) is 24.5 Å². The molecule has 36 heavy (non-hydrogen) atoms. The summed E-state index contributed by atoms with van der Waals surface area (Å²) in [6.07, 6.45) is -2.79. The van der Waals surface area contributed by atoms with Crippen LogP contribution in [0.1, 0.15) is 18.1 Å². The first-order valence-electron chi connectivity index (χ1n) is 11.7. The normalized spacial score (nSPS) is 17.3. The molecule has 0 unspecified atom stereocenters. The van der Waals surface area contributed by atoms with Gasteiger partial charge in [0.25, 0.3) is 0 Å². The van der Waals surface area contributed by atoms with Gasteiger partial charge < -0.3 is 9.32 Å². The summed E-state index contributed by atoms with van der Waals surface area (Å²) in [5, 5.41) is 9.73. The summed E-state index contributed by atoms with van der Waals surface area (Å²) >= 11 is 0. The lowest BCUT2D eigenvalue weighted by molar-refractivity contribution is -0.138. The first-order chi connectivity index (χ1) is 17.4. The highest BCUT2D eigenvalue weighted by atomic mass is 19.4. The van der Waals surface area contributed by atoms with E-state index in [0.717, 1.165) is 17.0 Å². The molecule has 1 saturated heterocycles. The Morgan fingerprint density at radius 2 is 1.78 bits per heavy atom. The van der Waals surface area contributed by atoms with Crippen LogP contribution in [0.2, 0.25) is 0 Å². The lowest BCUT2D eigenvalue weighted by Crippen LogP contribution is -2.52. The van der Waals surface area contributed by atoms with Crippen molar-refractivity contribution in [1.82, 2.24) is 24.5 Å². The summed E-state index contributed by atoms with van der Waals surface area (Å²) in [5.74, 6) is 1.82. The molecule has 5 aromatic rings. The molecule has 1 atom stereocenters. The highest BCUT2D eigenvalue weighted by Gasteiger charge is 2.34. The van der Waals surface area contributed by atoms with Crippen molar-refractivity contribution < 1.29 is 17.6 Å². The zero-order valence-corrected chi connectivity index (χ0v) is 19.5. The molecule has 0 aliphatic carbocycles. The van der Waals surface area contributed by atoms with E-state index >= 15 is 0 Å². The van der Waals surface area contributed by atoms with Crippen molar-refractivity contribution in [1.29, 1.82) is 0 Å². The smallest absolute Gasteiger partial charge is 0.416 e. The molecule has 0 N–H and O–H groups in total. The number of furan rings is 1. The fourth-order valence-corrected chi connectivity index (χ4v) is 4.91. The van der Waals surface area contributed by atoms with E-state index in [2.05, 4.69) is 20.0 Å². The van der Waals surface area contributed by atoms with Crippen LogP contribution in [-0.2, 0) is 12.7 Å². The Hall–Kier alpha value is -3.92. The number of benzene rings is 2. The van der Waals surface area contributed by atoms with Crippen LogP contribution < -0.4 is 4.90 Å². The fraction of sp³-hybridized carbons (Fsp3) is 0.269. The van der Waals surface area contributed by atoms with Gasteiger partial charge in [-0.2, -0.15) is 13.2 Å². The molecule has 0 bridgehead atoms. The van der Waals surface area contributed by atoms with Crippen molar-refractivity contribution in [3.63, 3.8) is 0 Å². The number of halogens is 3. The van der Waals surface area contributed by atoms with E-state index in [0.29, 0.717) is 42.8 Å². The lowest BCUT2D eigenvalue weighted by Gasteiger charge is -2.40. The van der Waals surface area contributed by atoms with Crippen LogP contribution in [0.25, 0.3) is 28.1 Å². The lowest BCUT2D eigenvalue weighted by atomic mass is 10.0. The zero-order valence-electron chi connectivity index (χ0n) is 19.5. The topological polar surface area (TPSA) is 62.7 Å². The number of rotatable bonds is 4. The second kappa shape index (κ2) is 8.63. The molecule has 7 nitrogen and oxygen atoms in total. The number of fused-ring (bicyclic) bond motifs is 3. The number of alkyl halides is 3. The summed E-state index contributed by atoms with van der Waals surface area (Å²) in [4.78, 5) is 9.19. The van der Waals surface area contributed by atoms with Gasteiger partial charge in [0.05, 0.1) is 17.3 Å². The predicted octanol–water partition coefficient (Wildman–Crippen LogP) is 5.27. The van der Waals surface area contributed by atoms with E-state index in [4.69, 9.17) is 9.40 Å². The predicted molar refractivity (Wildman–Crippen MR) is 130 cm³/mol. The molecule has 1 fully saturated rings. The maximum absolute atomic E-state index is 13.5. The van der Waals surface area contributed by atoms with Crippen LogP contribution in [0.3, 0.4) is 0 Å². The second-order valence-corrected chi connectivity index (χ2v) is 9.01. The minimum atomic E-state index is -4.38. The molecule has 184 valence electrons. The van der Waals surface area contributed by atoms with Crippen LogP contribution in [0.4, 0.5) is 19.1 Å². The van der Waals surface area contributed by atoms with E-state index in [9.17, 15) is 13.2 Å². The van der Waals surface area contributed by atoms with Crippen LogP contribution in [0.5, 0.6) is 0 Å². The molecule has 3 aromatic heterocycles. The molecule has 1 aliphatic heterocycles. The highest BCUT2D eigenvalue weighted by molar-refractivity contribution is 5.93. The molecule has 0 radical (unpaired) electrons. The second-order valence-electron chi connectivity index (χ2n) is 9.01. The van der Waals surface area contributed by atoms with Crippen molar-refractivity contribution in [2.75, 3.05) is 24.5 Å². The Labute approximate surface area is 204 Å². The van der Waals surface area contributed by atoms with E-state index in [1.165, 1.54) is 6.07 Å². The highest BCUT2D eigenvalue weighted by Crippen LogP contribution is 2.34. The van der Waals surface area contributed by atoms with Gasteiger partial charge in [-0.25, -0.2) is 9.38 Å². The Balaban J connectivity index is 1.35. The van der Waals surface area contributed by atoms with Gasteiger partial charge in [0.1, 0.15) is 0 Å². The molecule has 10 heteroatoms. The van der Waals surface area contributed by atoms with Gasteiger partial charge in [0.2, 0.25) is 11.8 Å². The van der Waals surface area contributed by atoms with Crippen LogP contribution in [0, 0.1) is 0 Å². The Bertz CT molecular complexity index is 1530. The summed E-state index contributed by atoms with van der Waals surface area (Å²) in [5.41, 5.74) is 1.18. The van der Waals surface area contributed by atoms with Gasteiger partial charge in [-0.05, 0) is 42.8 Å². The first-order valence-corrected chi connectivity index (χ1v) is 11.7. The van der Waals surface area contributed by atoms with Crippen molar-refractivity contribution in [2.45, 2.75) is 25.7 Å². The summed E-state index contributed by atoms with van der Waals surface area (Å²) in [6.45, 7) is 4.02. The molecule has 4 heterocycles. The van der Waals surface area contributed by atoms with Crippen LogP contribution >= 0.6 is 0 Å². The SMILES string of the molecule is C[C@H]1CN(c2nc3ccccc3c3nnc(-c4ccco4)n23)CCN1Cc1ccccc1C(F)(F)F. The monoisotopic (exact) mass is 492 g/mol. The number of nitrogens with zero attached hydrogens (tertiary/aromatic N) is 6. The van der Waals surface area contributed by atoms with Gasteiger partial charge in [-0.3, -0.25) is 4.90 Å². The van der Waals surface area contributed by atoms with Gasteiger partial charge in [0.15, 0.2) is 11.4 Å². The number of piperazine rings is 1. The average molecular weight is 493 g/mol. The number of anilines is 1. The van der Waals surface area contributed by atoms with Crippen LogP contribution in [0.15, 0.2) is 71.3 Å². The van der Waals surface area contributed by atoms with Crippen molar-refractivity contribution in [2.24, 2.45) is 0 Å². The first kappa shape index (κ1) is 22.5. The van der Waals surface area contributed by atoms with Crippen molar-refractivity contribution in [3.05, 3.63) is 78.1 Å². The Morgan fingerprint density at radius 3 is 2.56 bits per heavy atom. The van der Waals surface area contributed by atoms with Gasteiger partial charge in [0, 0.05) is 37.6 Å². The molecule has 2 aromatic carbocycles. The zero-order chi connectivity index (χ0) is 24.9. The van der Waals surface area contributed by atoms with Crippen molar-refractivity contribution >= 4 is 22.5 Å². The maximum atomic E-state index is 13.5. The largest absolute Gasteiger partial charge is 0.461 e. The molecular formula is C26H23F3N6O. The molecule has 0 amide bonds. The van der Waals surface area contributed by atoms with E-state index in [-0.39, 0.29) is 18.2 Å². The third kappa shape index (κ3) is 3.87. The molecule has 0 saturated carbocycles. The van der Waals surface area contributed by atoms with Gasteiger partial charge >= 0.3 is 6.18 Å². The van der Waals surface area contributed by atoms with E-state index in [1.807, 2.05) is 41.7 Å². The maximum Gasteiger partial charge on any atom is 0.416 e. The number of hydrogen-bond donors (Lipinski definition) is 0. The van der Waals surface area contributed by atoms with Crippen molar-refractivity contribution in [3.8, 4) is 11.6 Å². The van der Waals surface area contributed by atoms with E-state index < -0.39 is 11.7 Å². The fourth-order valence-electron chi connectivity index (χ4n) is 4.91. The number of aromatic nitrogens is 4. The quantitative estimate of drug-likeness (QED) is 0.341. The molecule has 1 aliphatic rings. The standard InChI is InChI=1S/C26H23F3N6O/c1-17-15-34(13-12-33(17)16-18-7-2-4-9-20(18)26(27,28)29)25-30-21-10-5-3-8-19(21)23-31-32-24(35(23)25)22-11-6-14-36-22/h2-11,14,17H,12-13,15-16H2,1H3/t17-/m0/s1. The van der Waals surface area contributed by atoms with Gasteiger partial charge in [-0.15, -0.1) is 10.2 Å². The summed E-state index contributed by atoms with van der Waals surface area (Å²) in [6, 6.07) is 17.2. The third-order valence-corrected chi connectivity index (χ3v) is 6.71. The summed E-state index contributed by atoms with van der Waals surface area (Å²) < 4.78 is 48.1. The van der Waals surface area contributed by atoms with Gasteiger partial charge in [-0.1, -0.05) is 30.3 Å². The average Bonchev–Trinajstić information content (AvgIpc) is 3.55. The van der Waals surface area contributed by atoms with Crippen LogP contribution in [-0.4, -0.2) is 50.2 Å². The molecular weight excluding hydrogens is 469 g/mol. The molecule has 6 rings (SSSR count). The number of hydrogen-bond acceptors (Lipinski definition) is 6. The third-order valence-electron chi connectivity index (χ3n) is 6.71. The minimum Gasteiger partial charge on any atom is -0.461 e. The molecule has 0 spiro atoms. The Kier molecular flexibility index (Phi) is 5.40. The minimum absolute atomic E-state index is 0.00750.